The molecule has 1 rings (SSSR count). The molecule has 0 atom stereocenters. The average Bonchev–Trinajstić information content (AvgIpc) is 2.36. The Kier molecular flexibility index (Phi) is 3.27. The summed E-state index contributed by atoms with van der Waals surface area (Å²) in [5, 5.41) is 3.18. The number of aryl methyl sites for hydroxylation is 1. The second-order valence-corrected chi connectivity index (χ2v) is 3.80. The fraction of sp³-hybridized carbons (Fsp3) is 0.444. The van der Waals surface area contributed by atoms with Crippen LogP contribution in [-0.4, -0.2) is 23.5 Å². The Bertz CT molecular complexity index is 285. The van der Waals surface area contributed by atoms with Crippen LogP contribution in [0, 0.1) is 19.3 Å². The maximum Gasteiger partial charge on any atom is 0.0897 e. The summed E-state index contributed by atoms with van der Waals surface area (Å²) in [6, 6.07) is 0. The van der Waals surface area contributed by atoms with Gasteiger partial charge in [0.2, 0.25) is 0 Å². The molecule has 1 heterocycles. The van der Waals surface area contributed by atoms with E-state index in [2.05, 4.69) is 21.2 Å². The van der Waals surface area contributed by atoms with Gasteiger partial charge in [-0.15, -0.1) is 17.8 Å². The molecule has 0 N–H and O–H groups in total. The van der Waals surface area contributed by atoms with Gasteiger partial charge in [-0.25, -0.2) is 4.98 Å². The number of hydrogen-bond acceptors (Lipinski definition) is 3. The quantitative estimate of drug-likeness (QED) is 0.656. The van der Waals surface area contributed by atoms with Gasteiger partial charge in [0, 0.05) is 11.9 Å². The van der Waals surface area contributed by atoms with E-state index in [1.165, 1.54) is 0 Å². The molecule has 0 fully saturated rings. The second kappa shape index (κ2) is 4.24. The summed E-state index contributed by atoms with van der Waals surface area (Å²) in [7, 11) is 1.99. The molecule has 0 aliphatic carbocycles. The van der Waals surface area contributed by atoms with Gasteiger partial charge in [-0.3, -0.25) is 4.90 Å². The highest BCUT2D eigenvalue weighted by Gasteiger charge is 2.01. The van der Waals surface area contributed by atoms with Gasteiger partial charge < -0.3 is 0 Å². The summed E-state index contributed by atoms with van der Waals surface area (Å²) in [5.74, 6) is 2.60. The van der Waals surface area contributed by atoms with Crippen molar-refractivity contribution in [3.63, 3.8) is 0 Å². The molecule has 0 aliphatic heterocycles. The van der Waals surface area contributed by atoms with Crippen LogP contribution in [0.2, 0.25) is 0 Å². The van der Waals surface area contributed by atoms with E-state index in [0.717, 1.165) is 17.2 Å². The molecule has 1 aromatic rings. The highest BCUT2D eigenvalue weighted by atomic mass is 32.1. The van der Waals surface area contributed by atoms with Crippen molar-refractivity contribution in [3.8, 4) is 12.3 Å². The number of thiazole rings is 1. The number of terminal acetylenes is 1. The van der Waals surface area contributed by atoms with Crippen molar-refractivity contribution in [2.24, 2.45) is 0 Å². The van der Waals surface area contributed by atoms with Crippen LogP contribution in [0.5, 0.6) is 0 Å². The third kappa shape index (κ3) is 2.65. The highest BCUT2D eigenvalue weighted by Crippen LogP contribution is 2.09. The van der Waals surface area contributed by atoms with Crippen molar-refractivity contribution >= 4 is 11.3 Å². The normalized spacial score (nSPS) is 10.2. The molecule has 0 amide bonds. The molecule has 0 spiro atoms. The van der Waals surface area contributed by atoms with Gasteiger partial charge in [0.1, 0.15) is 0 Å². The molecular weight excluding hydrogens is 168 g/mol. The summed E-state index contributed by atoms with van der Waals surface area (Å²) >= 11 is 1.68. The Hall–Kier alpha value is -0.850. The zero-order valence-electron chi connectivity index (χ0n) is 7.37. The summed E-state index contributed by atoms with van der Waals surface area (Å²) in [4.78, 5) is 6.41. The van der Waals surface area contributed by atoms with Gasteiger partial charge in [-0.1, -0.05) is 5.92 Å². The first-order valence-electron chi connectivity index (χ1n) is 3.75. The lowest BCUT2D eigenvalue weighted by molar-refractivity contribution is 0.365. The topological polar surface area (TPSA) is 16.1 Å². The van der Waals surface area contributed by atoms with Crippen molar-refractivity contribution in [2.45, 2.75) is 13.5 Å². The lowest BCUT2D eigenvalue weighted by Crippen LogP contribution is -2.17. The zero-order chi connectivity index (χ0) is 8.97. The molecule has 64 valence electrons. The van der Waals surface area contributed by atoms with E-state index in [1.807, 2.05) is 14.0 Å². The molecule has 2 nitrogen and oxygen atoms in total. The Balaban J connectivity index is 2.47. The minimum atomic E-state index is 0.677. The van der Waals surface area contributed by atoms with E-state index in [9.17, 15) is 0 Å². The van der Waals surface area contributed by atoms with Gasteiger partial charge in [-0.2, -0.15) is 0 Å². The first-order chi connectivity index (χ1) is 5.72. The number of hydrogen-bond donors (Lipinski definition) is 0. The summed E-state index contributed by atoms with van der Waals surface area (Å²) in [6.45, 7) is 3.53. The fourth-order valence-electron chi connectivity index (χ4n) is 0.969. The lowest BCUT2D eigenvalue weighted by atomic mass is 10.4. The van der Waals surface area contributed by atoms with Crippen LogP contribution in [0.3, 0.4) is 0 Å². The van der Waals surface area contributed by atoms with E-state index in [4.69, 9.17) is 6.42 Å². The van der Waals surface area contributed by atoms with Crippen molar-refractivity contribution in [1.82, 2.24) is 9.88 Å². The van der Waals surface area contributed by atoms with Crippen LogP contribution in [0.1, 0.15) is 10.7 Å². The summed E-state index contributed by atoms with van der Waals surface area (Å²) in [5.41, 5.74) is 1.11. The van der Waals surface area contributed by atoms with Crippen molar-refractivity contribution in [2.75, 3.05) is 13.6 Å². The SMILES string of the molecule is C#CCN(C)Cc1csc(C)n1. The van der Waals surface area contributed by atoms with Crippen LogP contribution in [0.25, 0.3) is 0 Å². The average molecular weight is 180 g/mol. The smallest absolute Gasteiger partial charge is 0.0897 e. The van der Waals surface area contributed by atoms with Crippen LogP contribution in [0.4, 0.5) is 0 Å². The van der Waals surface area contributed by atoms with Crippen LogP contribution in [0.15, 0.2) is 5.38 Å². The summed E-state index contributed by atoms with van der Waals surface area (Å²) in [6.07, 6.45) is 5.18. The Morgan fingerprint density at radius 1 is 1.75 bits per heavy atom. The van der Waals surface area contributed by atoms with Gasteiger partial charge in [-0.05, 0) is 14.0 Å². The third-order valence-corrected chi connectivity index (χ3v) is 2.28. The maximum absolute atomic E-state index is 5.18. The molecule has 0 bridgehead atoms. The van der Waals surface area contributed by atoms with Crippen molar-refractivity contribution < 1.29 is 0 Å². The van der Waals surface area contributed by atoms with Crippen molar-refractivity contribution in [3.05, 3.63) is 16.1 Å². The van der Waals surface area contributed by atoms with E-state index < -0.39 is 0 Å². The van der Waals surface area contributed by atoms with Crippen LogP contribution < -0.4 is 0 Å². The van der Waals surface area contributed by atoms with E-state index in [0.29, 0.717) is 6.54 Å². The minimum Gasteiger partial charge on any atom is -0.290 e. The molecule has 0 radical (unpaired) electrons. The first-order valence-corrected chi connectivity index (χ1v) is 4.63. The molecular formula is C9H12N2S. The molecule has 3 heteroatoms. The minimum absolute atomic E-state index is 0.677. The summed E-state index contributed by atoms with van der Waals surface area (Å²) < 4.78 is 0. The Labute approximate surface area is 77.2 Å². The first kappa shape index (κ1) is 9.24. The van der Waals surface area contributed by atoms with Crippen molar-refractivity contribution in [1.29, 1.82) is 0 Å². The lowest BCUT2D eigenvalue weighted by Gasteiger charge is -2.10. The monoisotopic (exact) mass is 180 g/mol. The zero-order valence-corrected chi connectivity index (χ0v) is 8.19. The maximum atomic E-state index is 5.18. The van der Waals surface area contributed by atoms with Gasteiger partial charge in [0.15, 0.2) is 0 Å². The fourth-order valence-corrected chi connectivity index (χ4v) is 1.57. The molecule has 0 saturated carbocycles. The van der Waals surface area contributed by atoms with E-state index >= 15 is 0 Å². The van der Waals surface area contributed by atoms with Crippen LogP contribution >= 0.6 is 11.3 Å². The van der Waals surface area contributed by atoms with Gasteiger partial charge >= 0.3 is 0 Å². The predicted molar refractivity (Wildman–Crippen MR) is 52.0 cm³/mol. The molecule has 0 unspecified atom stereocenters. The molecule has 0 saturated heterocycles. The largest absolute Gasteiger partial charge is 0.290 e. The molecule has 0 aromatic carbocycles. The number of nitrogens with zero attached hydrogens (tertiary/aromatic N) is 2. The van der Waals surface area contributed by atoms with Gasteiger partial charge in [0.05, 0.1) is 17.2 Å². The Morgan fingerprint density at radius 2 is 2.50 bits per heavy atom. The van der Waals surface area contributed by atoms with E-state index in [-0.39, 0.29) is 0 Å². The van der Waals surface area contributed by atoms with Crippen LogP contribution in [-0.2, 0) is 6.54 Å². The number of rotatable bonds is 3. The Morgan fingerprint density at radius 3 is 3.00 bits per heavy atom. The second-order valence-electron chi connectivity index (χ2n) is 2.73. The molecule has 12 heavy (non-hydrogen) atoms. The third-order valence-electron chi connectivity index (χ3n) is 1.46. The van der Waals surface area contributed by atoms with E-state index in [1.54, 1.807) is 11.3 Å². The predicted octanol–water partition coefficient (Wildman–Crippen LogP) is 1.52. The molecule has 1 aromatic heterocycles. The molecule has 0 aliphatic rings. The number of aromatic nitrogens is 1. The van der Waals surface area contributed by atoms with Gasteiger partial charge in [0.25, 0.3) is 0 Å². The standard InChI is InChI=1S/C9H12N2S/c1-4-5-11(3)6-9-7-12-8(2)10-9/h1,7H,5-6H2,2-3H3. The highest BCUT2D eigenvalue weighted by molar-refractivity contribution is 7.09.